The van der Waals surface area contributed by atoms with Crippen LogP contribution in [0.1, 0.15) is 74.5 Å². The highest BCUT2D eigenvalue weighted by Gasteiger charge is 2.36. The van der Waals surface area contributed by atoms with Gasteiger partial charge >= 0.3 is 6.03 Å². The number of aliphatic hydroxyl groups is 1. The minimum absolute atomic E-state index is 0.0747. The molecule has 0 aromatic heterocycles. The van der Waals surface area contributed by atoms with E-state index in [0.717, 1.165) is 44.6 Å². The van der Waals surface area contributed by atoms with Crippen molar-refractivity contribution >= 4 is 17.6 Å². The Morgan fingerprint density at radius 2 is 1.45 bits per heavy atom. The van der Waals surface area contributed by atoms with Crippen LogP contribution in [0.3, 0.4) is 0 Å². The molecule has 3 aromatic rings. The molecule has 6 heteroatoms. The first-order chi connectivity index (χ1) is 20.5. The highest BCUT2D eigenvalue weighted by molar-refractivity contribution is 6.30. The first-order valence-electron chi connectivity index (χ1n) is 15.8. The fraction of sp³-hybridized carbons (Fsp3) is 0.472. The van der Waals surface area contributed by atoms with Crippen molar-refractivity contribution in [2.75, 3.05) is 32.7 Å². The number of hydrogen-bond donors (Lipinski definition) is 3. The molecule has 3 N–H and O–H groups in total. The number of benzene rings is 3. The van der Waals surface area contributed by atoms with E-state index in [4.69, 9.17) is 11.6 Å². The maximum atomic E-state index is 13.1. The molecule has 0 unspecified atom stereocenters. The molecule has 2 aliphatic rings. The lowest BCUT2D eigenvalue weighted by atomic mass is 9.71. The molecule has 1 heterocycles. The van der Waals surface area contributed by atoms with E-state index in [1.807, 2.05) is 24.3 Å². The van der Waals surface area contributed by atoms with E-state index < -0.39 is 5.60 Å². The van der Waals surface area contributed by atoms with Gasteiger partial charge in [-0.25, -0.2) is 4.79 Å². The quantitative estimate of drug-likeness (QED) is 0.221. The van der Waals surface area contributed by atoms with Crippen molar-refractivity contribution in [1.29, 1.82) is 0 Å². The van der Waals surface area contributed by atoms with E-state index in [9.17, 15) is 9.90 Å². The summed E-state index contributed by atoms with van der Waals surface area (Å²) in [4.78, 5) is 15.5. The van der Waals surface area contributed by atoms with Crippen LogP contribution >= 0.6 is 11.6 Å². The van der Waals surface area contributed by atoms with Crippen LogP contribution in [0.5, 0.6) is 0 Å². The lowest BCUT2D eigenvalue weighted by Gasteiger charge is -2.40. The first-order valence-corrected chi connectivity index (χ1v) is 16.2. The largest absolute Gasteiger partial charge is 0.385 e. The van der Waals surface area contributed by atoms with Gasteiger partial charge in [0, 0.05) is 36.6 Å². The summed E-state index contributed by atoms with van der Waals surface area (Å²) in [6.45, 7) is 3.95. The SMILES string of the molecule is O=C(NCC1CCCCC1)NCC(CCCN1CCC(O)(c2ccc(Cl)cc2)CC1)(c1ccccc1)c1ccccc1. The van der Waals surface area contributed by atoms with Crippen molar-refractivity contribution in [2.24, 2.45) is 5.92 Å². The van der Waals surface area contributed by atoms with Gasteiger partial charge in [-0.05, 0) is 79.8 Å². The third-order valence-electron chi connectivity index (χ3n) is 9.62. The van der Waals surface area contributed by atoms with Gasteiger partial charge in [-0.2, -0.15) is 0 Å². The smallest absolute Gasteiger partial charge is 0.314 e. The molecule has 224 valence electrons. The molecular formula is C36H46ClN3O2. The molecule has 1 saturated heterocycles. The van der Waals surface area contributed by atoms with Crippen molar-refractivity contribution < 1.29 is 9.90 Å². The summed E-state index contributed by atoms with van der Waals surface area (Å²) in [5.74, 6) is 0.597. The van der Waals surface area contributed by atoms with Crippen molar-refractivity contribution in [3.63, 3.8) is 0 Å². The molecule has 5 rings (SSSR count). The molecule has 0 spiro atoms. The average Bonchev–Trinajstić information content (AvgIpc) is 3.04. The predicted molar refractivity (Wildman–Crippen MR) is 172 cm³/mol. The van der Waals surface area contributed by atoms with Crippen LogP contribution in [0.2, 0.25) is 5.02 Å². The van der Waals surface area contributed by atoms with Crippen molar-refractivity contribution in [3.05, 3.63) is 107 Å². The number of urea groups is 1. The molecule has 2 fully saturated rings. The molecule has 0 atom stereocenters. The van der Waals surface area contributed by atoms with Gasteiger partial charge in [0.25, 0.3) is 0 Å². The number of amides is 2. The van der Waals surface area contributed by atoms with Crippen LogP contribution in [0.25, 0.3) is 0 Å². The van der Waals surface area contributed by atoms with Gasteiger partial charge in [0.2, 0.25) is 0 Å². The number of carbonyl (C=O) groups is 1. The molecule has 0 radical (unpaired) electrons. The van der Waals surface area contributed by atoms with Crippen molar-refractivity contribution in [2.45, 2.75) is 68.8 Å². The summed E-state index contributed by atoms with van der Waals surface area (Å²) < 4.78 is 0. The summed E-state index contributed by atoms with van der Waals surface area (Å²) in [5, 5.41) is 18.5. The Bertz CT molecular complexity index is 1200. The van der Waals surface area contributed by atoms with Gasteiger partial charge in [0.05, 0.1) is 5.60 Å². The second-order valence-electron chi connectivity index (χ2n) is 12.4. The Balaban J connectivity index is 1.25. The Labute approximate surface area is 256 Å². The lowest BCUT2D eigenvalue weighted by molar-refractivity contribution is -0.0262. The van der Waals surface area contributed by atoms with Gasteiger partial charge in [-0.3, -0.25) is 0 Å². The fourth-order valence-corrected chi connectivity index (χ4v) is 7.11. The molecule has 42 heavy (non-hydrogen) atoms. The maximum Gasteiger partial charge on any atom is 0.314 e. The zero-order chi connectivity index (χ0) is 29.3. The number of likely N-dealkylation sites (tertiary alicyclic amines) is 1. The number of nitrogens with one attached hydrogen (secondary N) is 2. The van der Waals surface area contributed by atoms with Crippen molar-refractivity contribution in [3.8, 4) is 0 Å². The summed E-state index contributed by atoms with van der Waals surface area (Å²) in [7, 11) is 0. The minimum Gasteiger partial charge on any atom is -0.385 e. The van der Waals surface area contributed by atoms with Gasteiger partial charge in [0.15, 0.2) is 0 Å². The Morgan fingerprint density at radius 3 is 2.05 bits per heavy atom. The van der Waals surface area contributed by atoms with Gasteiger partial charge in [-0.15, -0.1) is 0 Å². The molecule has 1 saturated carbocycles. The summed E-state index contributed by atoms with van der Waals surface area (Å²) in [6, 6.07) is 28.8. The fourth-order valence-electron chi connectivity index (χ4n) is 6.98. The second kappa shape index (κ2) is 14.5. The summed E-state index contributed by atoms with van der Waals surface area (Å²) in [5.41, 5.74) is 2.25. The average molecular weight is 588 g/mol. The number of carbonyl (C=O) groups excluding carboxylic acids is 1. The number of nitrogens with zero attached hydrogens (tertiary/aromatic N) is 1. The van der Waals surface area contributed by atoms with Gasteiger partial charge in [0.1, 0.15) is 0 Å². The Morgan fingerprint density at radius 1 is 0.857 bits per heavy atom. The van der Waals surface area contributed by atoms with E-state index in [1.54, 1.807) is 0 Å². The Hall–Kier alpha value is -2.86. The number of hydrogen-bond acceptors (Lipinski definition) is 3. The molecule has 1 aliphatic heterocycles. The number of piperidine rings is 1. The molecule has 3 aromatic carbocycles. The van der Waals surface area contributed by atoms with Crippen LogP contribution < -0.4 is 10.6 Å². The predicted octanol–water partition coefficient (Wildman–Crippen LogP) is 7.27. The summed E-state index contributed by atoms with van der Waals surface area (Å²) in [6.07, 6.45) is 9.60. The number of halogens is 1. The third kappa shape index (κ3) is 7.75. The zero-order valence-corrected chi connectivity index (χ0v) is 25.5. The van der Waals surface area contributed by atoms with Crippen molar-refractivity contribution in [1.82, 2.24) is 15.5 Å². The topological polar surface area (TPSA) is 64.6 Å². The molecule has 0 bridgehead atoms. The monoisotopic (exact) mass is 587 g/mol. The highest BCUT2D eigenvalue weighted by atomic mass is 35.5. The second-order valence-corrected chi connectivity index (χ2v) is 12.8. The first kappa shape index (κ1) is 30.6. The van der Waals surface area contributed by atoms with Crippen LogP contribution in [0, 0.1) is 5.92 Å². The number of rotatable bonds is 11. The summed E-state index contributed by atoms with van der Waals surface area (Å²) >= 11 is 6.07. The minimum atomic E-state index is -0.798. The molecule has 1 aliphatic carbocycles. The zero-order valence-electron chi connectivity index (χ0n) is 24.7. The molecular weight excluding hydrogens is 542 g/mol. The molecule has 5 nitrogen and oxygen atoms in total. The van der Waals surface area contributed by atoms with E-state index >= 15 is 0 Å². The standard InChI is InChI=1S/C36H46ClN3O2/c37-33-19-17-32(18-20-33)36(42)22-25-40(26-23-36)24-10-21-35(30-13-6-2-7-14-30,31-15-8-3-9-16-31)28-39-34(41)38-27-29-11-4-1-5-12-29/h2-3,6-9,13-20,29,42H,1,4-5,10-12,21-28H2,(H2,38,39,41). The van der Waals surface area contributed by atoms with Gasteiger partial charge < -0.3 is 20.6 Å². The van der Waals surface area contributed by atoms with Crippen LogP contribution in [-0.2, 0) is 11.0 Å². The van der Waals surface area contributed by atoms with E-state index in [2.05, 4.69) is 76.2 Å². The van der Waals surface area contributed by atoms with Crippen LogP contribution in [0.4, 0.5) is 4.79 Å². The van der Waals surface area contributed by atoms with Crippen LogP contribution in [-0.4, -0.2) is 48.8 Å². The van der Waals surface area contributed by atoms with E-state index in [0.29, 0.717) is 30.3 Å². The van der Waals surface area contributed by atoms with Crippen LogP contribution in [0.15, 0.2) is 84.9 Å². The Kier molecular flexibility index (Phi) is 10.6. The molecule has 2 amide bonds. The van der Waals surface area contributed by atoms with Gasteiger partial charge in [-0.1, -0.05) is 104 Å². The maximum absolute atomic E-state index is 13.1. The lowest BCUT2D eigenvalue weighted by Crippen LogP contribution is -2.47. The third-order valence-corrected chi connectivity index (χ3v) is 9.87. The highest BCUT2D eigenvalue weighted by Crippen LogP contribution is 2.38. The van der Waals surface area contributed by atoms with E-state index in [-0.39, 0.29) is 11.4 Å². The normalized spacial score (nSPS) is 18.0. The van der Waals surface area contributed by atoms with E-state index in [1.165, 1.54) is 43.2 Å².